The van der Waals surface area contributed by atoms with Gasteiger partial charge < -0.3 is 19.2 Å². The molecule has 2 heterocycles. The van der Waals surface area contributed by atoms with Crippen LogP contribution in [0.2, 0.25) is 0 Å². The first-order valence-electron chi connectivity index (χ1n) is 9.49. The molecule has 2 aromatic heterocycles. The molecule has 1 amide bonds. The zero-order valence-electron chi connectivity index (χ0n) is 16.7. The number of nitrogens with zero attached hydrogens (tertiary/aromatic N) is 2. The van der Waals surface area contributed by atoms with Crippen molar-refractivity contribution < 1.29 is 9.53 Å². The standard InChI is InChI=1S/C21H29N3O3/c1-13(15-8-6-7-9-17(15)27-5)10-22-20(25)16-12-23(3)19-14(2)11-24(4)21(26)18(16)19/h11-12,15,17H,1,6-10H2,2-5H3,(H,22,25). The number of ether oxygens (including phenoxy) is 1. The molecule has 6 nitrogen and oxygen atoms in total. The van der Waals surface area contributed by atoms with Gasteiger partial charge in [-0.05, 0) is 25.3 Å². The first-order valence-corrected chi connectivity index (χ1v) is 9.49. The lowest BCUT2D eigenvalue weighted by Gasteiger charge is -2.32. The summed E-state index contributed by atoms with van der Waals surface area (Å²) in [6.45, 7) is 6.53. The lowest BCUT2D eigenvalue weighted by Crippen LogP contribution is -2.34. The van der Waals surface area contributed by atoms with E-state index in [1.165, 1.54) is 11.0 Å². The molecule has 2 aromatic rings. The maximum absolute atomic E-state index is 12.8. The molecule has 0 aromatic carbocycles. The minimum atomic E-state index is -0.241. The van der Waals surface area contributed by atoms with Crippen molar-refractivity contribution in [1.29, 1.82) is 0 Å². The van der Waals surface area contributed by atoms with Crippen molar-refractivity contribution in [1.82, 2.24) is 14.5 Å². The highest BCUT2D eigenvalue weighted by molar-refractivity contribution is 6.07. The summed E-state index contributed by atoms with van der Waals surface area (Å²) in [4.78, 5) is 25.5. The summed E-state index contributed by atoms with van der Waals surface area (Å²) >= 11 is 0. The predicted molar refractivity (Wildman–Crippen MR) is 107 cm³/mol. The first-order chi connectivity index (χ1) is 12.8. The van der Waals surface area contributed by atoms with Crippen LogP contribution in [0.4, 0.5) is 0 Å². The average Bonchev–Trinajstić information content (AvgIpc) is 3.01. The molecule has 6 heteroatoms. The van der Waals surface area contributed by atoms with Crippen LogP contribution in [-0.4, -0.2) is 34.8 Å². The second-order valence-electron chi connectivity index (χ2n) is 7.61. The molecule has 0 radical (unpaired) electrons. The number of fused-ring (bicyclic) bond motifs is 1. The summed E-state index contributed by atoms with van der Waals surface area (Å²) in [5, 5.41) is 3.42. The zero-order chi connectivity index (χ0) is 19.7. The van der Waals surface area contributed by atoms with Gasteiger partial charge in [-0.3, -0.25) is 9.59 Å². The third-order valence-electron chi connectivity index (χ3n) is 5.73. The van der Waals surface area contributed by atoms with Crippen LogP contribution >= 0.6 is 0 Å². The van der Waals surface area contributed by atoms with Gasteiger partial charge in [-0.15, -0.1) is 0 Å². The van der Waals surface area contributed by atoms with Crippen LogP contribution in [0.15, 0.2) is 29.3 Å². The fourth-order valence-electron chi connectivity index (χ4n) is 4.34. The zero-order valence-corrected chi connectivity index (χ0v) is 16.7. The molecule has 27 heavy (non-hydrogen) atoms. The van der Waals surface area contributed by atoms with Gasteiger partial charge in [-0.2, -0.15) is 0 Å². The van der Waals surface area contributed by atoms with Crippen LogP contribution in [0.5, 0.6) is 0 Å². The van der Waals surface area contributed by atoms with E-state index in [-0.39, 0.29) is 23.5 Å². The highest BCUT2D eigenvalue weighted by Crippen LogP contribution is 2.31. The van der Waals surface area contributed by atoms with Gasteiger partial charge in [0.2, 0.25) is 0 Å². The van der Waals surface area contributed by atoms with Crippen molar-refractivity contribution in [3.05, 3.63) is 46.0 Å². The monoisotopic (exact) mass is 371 g/mol. The molecule has 1 aliphatic rings. The number of aromatic nitrogens is 2. The lowest BCUT2D eigenvalue weighted by atomic mass is 9.82. The number of carbonyl (C=O) groups excluding carboxylic acids is 1. The lowest BCUT2D eigenvalue weighted by molar-refractivity contribution is 0.0367. The van der Waals surface area contributed by atoms with E-state index in [0.29, 0.717) is 17.5 Å². The second kappa shape index (κ2) is 7.72. The van der Waals surface area contributed by atoms with Gasteiger partial charge in [0.1, 0.15) is 0 Å². The summed E-state index contributed by atoms with van der Waals surface area (Å²) in [5.41, 5.74) is 3.00. The number of amides is 1. The van der Waals surface area contributed by atoms with Crippen LogP contribution in [0, 0.1) is 12.8 Å². The van der Waals surface area contributed by atoms with Gasteiger partial charge in [0.25, 0.3) is 11.5 Å². The normalized spacial score (nSPS) is 20.0. The van der Waals surface area contributed by atoms with Gasteiger partial charge in [-0.25, -0.2) is 0 Å². The quantitative estimate of drug-likeness (QED) is 0.822. The Balaban J connectivity index is 1.81. The van der Waals surface area contributed by atoms with Crippen molar-refractivity contribution in [2.24, 2.45) is 20.0 Å². The molecule has 1 fully saturated rings. The molecular weight excluding hydrogens is 342 g/mol. The van der Waals surface area contributed by atoms with E-state index in [4.69, 9.17) is 4.74 Å². The molecule has 0 bridgehead atoms. The van der Waals surface area contributed by atoms with E-state index in [0.717, 1.165) is 35.9 Å². The summed E-state index contributed by atoms with van der Waals surface area (Å²) in [5.74, 6) is 0.0286. The van der Waals surface area contributed by atoms with Crippen LogP contribution in [0.1, 0.15) is 41.6 Å². The van der Waals surface area contributed by atoms with E-state index in [1.807, 2.05) is 18.5 Å². The van der Waals surface area contributed by atoms with E-state index < -0.39 is 0 Å². The van der Waals surface area contributed by atoms with Gasteiger partial charge in [-0.1, -0.05) is 25.0 Å². The van der Waals surface area contributed by atoms with Gasteiger partial charge in [0, 0.05) is 46.1 Å². The Bertz CT molecular complexity index is 938. The topological polar surface area (TPSA) is 65.3 Å². The Morgan fingerprint density at radius 1 is 1.26 bits per heavy atom. The SMILES string of the molecule is C=C(CNC(=O)c1cn(C)c2c(C)cn(C)c(=O)c12)C1CCCCC1OC. The minimum Gasteiger partial charge on any atom is -0.381 e. The van der Waals surface area contributed by atoms with Crippen LogP contribution in [-0.2, 0) is 18.8 Å². The Morgan fingerprint density at radius 2 is 1.96 bits per heavy atom. The smallest absolute Gasteiger partial charge is 0.260 e. The fraction of sp³-hybridized carbons (Fsp3) is 0.524. The number of nitrogens with one attached hydrogen (secondary N) is 1. The fourth-order valence-corrected chi connectivity index (χ4v) is 4.34. The van der Waals surface area contributed by atoms with Gasteiger partial charge >= 0.3 is 0 Å². The number of methoxy groups -OCH3 is 1. The number of hydrogen-bond donors (Lipinski definition) is 1. The first kappa shape index (κ1) is 19.4. The van der Waals surface area contributed by atoms with Crippen molar-refractivity contribution in [3.8, 4) is 0 Å². The number of hydrogen-bond acceptors (Lipinski definition) is 3. The highest BCUT2D eigenvalue weighted by Gasteiger charge is 2.27. The van der Waals surface area contributed by atoms with Crippen molar-refractivity contribution in [3.63, 3.8) is 0 Å². The third kappa shape index (κ3) is 3.58. The van der Waals surface area contributed by atoms with Gasteiger partial charge in [0.05, 0.1) is 22.6 Å². The Hall–Kier alpha value is -2.34. The number of rotatable bonds is 5. The summed E-state index contributed by atoms with van der Waals surface area (Å²) in [7, 11) is 5.30. The molecule has 2 unspecified atom stereocenters. The Kier molecular flexibility index (Phi) is 5.56. The molecule has 0 spiro atoms. The van der Waals surface area contributed by atoms with E-state index in [2.05, 4.69) is 11.9 Å². The van der Waals surface area contributed by atoms with E-state index in [9.17, 15) is 9.59 Å². The van der Waals surface area contributed by atoms with Crippen molar-refractivity contribution in [2.45, 2.75) is 38.7 Å². The van der Waals surface area contributed by atoms with Crippen molar-refractivity contribution >= 4 is 16.8 Å². The predicted octanol–water partition coefficient (Wildman–Crippen LogP) is 2.68. The highest BCUT2D eigenvalue weighted by atomic mass is 16.5. The second-order valence-corrected chi connectivity index (χ2v) is 7.61. The van der Waals surface area contributed by atoms with E-state index in [1.54, 1.807) is 26.6 Å². The number of carbonyl (C=O) groups is 1. The molecule has 0 aliphatic heterocycles. The van der Waals surface area contributed by atoms with Crippen LogP contribution in [0.25, 0.3) is 10.9 Å². The molecular formula is C21H29N3O3. The summed E-state index contributed by atoms with van der Waals surface area (Å²) < 4.78 is 8.97. The maximum atomic E-state index is 12.8. The Morgan fingerprint density at radius 3 is 2.67 bits per heavy atom. The molecule has 0 saturated heterocycles. The van der Waals surface area contributed by atoms with Gasteiger partial charge in [0.15, 0.2) is 0 Å². The third-order valence-corrected chi connectivity index (χ3v) is 5.73. The van der Waals surface area contributed by atoms with Crippen LogP contribution < -0.4 is 10.9 Å². The van der Waals surface area contributed by atoms with Crippen LogP contribution in [0.3, 0.4) is 0 Å². The minimum absolute atomic E-state index is 0.160. The molecule has 1 N–H and O–H groups in total. The average molecular weight is 371 g/mol. The molecule has 146 valence electrons. The van der Waals surface area contributed by atoms with Crippen molar-refractivity contribution in [2.75, 3.05) is 13.7 Å². The molecule has 2 atom stereocenters. The largest absolute Gasteiger partial charge is 0.381 e. The number of pyridine rings is 1. The molecule has 3 rings (SSSR count). The number of aryl methyl sites for hydroxylation is 3. The maximum Gasteiger partial charge on any atom is 0.260 e. The summed E-state index contributed by atoms with van der Waals surface area (Å²) in [6, 6.07) is 0. The Labute approximate surface area is 159 Å². The molecule has 1 saturated carbocycles. The molecule has 1 aliphatic carbocycles. The summed E-state index contributed by atoms with van der Waals surface area (Å²) in [6.07, 6.45) is 8.12. The van der Waals surface area contributed by atoms with E-state index >= 15 is 0 Å².